The minimum Gasteiger partial charge on any atom is -0.506 e. The number of carbonyl (C=O) groups excluding carboxylic acids is 1. The summed E-state index contributed by atoms with van der Waals surface area (Å²) in [4.78, 5) is 13.9. The van der Waals surface area contributed by atoms with E-state index in [1.54, 1.807) is 6.07 Å². The lowest BCUT2D eigenvalue weighted by atomic mass is 9.89. The molecule has 3 saturated heterocycles. The smallest absolute Gasteiger partial charge is 0.253 e. The molecule has 0 saturated carbocycles. The number of phenolic OH excluding ortho intramolecular Hbond substituents is 1. The average Bonchev–Trinajstić information content (AvgIpc) is 3.00. The first-order chi connectivity index (χ1) is 14.0. The van der Waals surface area contributed by atoms with Gasteiger partial charge in [0.1, 0.15) is 18.0 Å². The maximum Gasteiger partial charge on any atom is 0.253 e. The molecule has 4 rings (SSSR count). The van der Waals surface area contributed by atoms with Crippen LogP contribution in [0.1, 0.15) is 31.2 Å². The Morgan fingerprint density at radius 3 is 2.69 bits per heavy atom. The van der Waals surface area contributed by atoms with Gasteiger partial charge < -0.3 is 15.3 Å². The average molecular weight is 425 g/mol. The number of nitrogens with zero attached hydrogens (tertiary/aromatic N) is 2. The normalized spacial score (nSPS) is 26.7. The second-order valence-corrected chi connectivity index (χ2v) is 9.56. The van der Waals surface area contributed by atoms with Crippen LogP contribution in [0.2, 0.25) is 0 Å². The molecule has 3 aliphatic rings. The number of aromatic hydroxyl groups is 1. The predicted molar refractivity (Wildman–Crippen MR) is 110 cm³/mol. The fraction of sp³-hybridized carbons (Fsp3) is 0.650. The van der Waals surface area contributed by atoms with Gasteiger partial charge in [0.15, 0.2) is 5.82 Å². The first-order valence-corrected chi connectivity index (χ1v) is 11.5. The highest BCUT2D eigenvalue weighted by atomic mass is 32.2. The van der Waals surface area contributed by atoms with Gasteiger partial charge in [-0.25, -0.2) is 8.60 Å². The van der Waals surface area contributed by atoms with E-state index in [0.29, 0.717) is 12.3 Å². The zero-order valence-corrected chi connectivity index (χ0v) is 17.3. The Labute approximate surface area is 173 Å². The van der Waals surface area contributed by atoms with E-state index in [9.17, 15) is 18.5 Å². The molecule has 0 radical (unpaired) electrons. The highest BCUT2D eigenvalue weighted by Crippen LogP contribution is 2.35. The molecule has 1 aromatic rings. The van der Waals surface area contributed by atoms with Crippen molar-refractivity contribution in [2.24, 2.45) is 11.8 Å². The van der Waals surface area contributed by atoms with Crippen LogP contribution in [0, 0.1) is 17.7 Å². The molecule has 1 amide bonds. The number of hydrogen-bond donors (Lipinski definition) is 3. The zero-order chi connectivity index (χ0) is 20.4. The lowest BCUT2D eigenvalue weighted by Crippen LogP contribution is -2.41. The number of amides is 1. The van der Waals surface area contributed by atoms with E-state index in [1.807, 2.05) is 0 Å². The molecule has 2 unspecified atom stereocenters. The van der Waals surface area contributed by atoms with Gasteiger partial charge in [-0.2, -0.15) is 0 Å². The Hall–Kier alpha value is -1.71. The van der Waals surface area contributed by atoms with Gasteiger partial charge in [0.25, 0.3) is 5.91 Å². The van der Waals surface area contributed by atoms with Crippen molar-refractivity contribution in [3.8, 4) is 5.75 Å². The van der Waals surface area contributed by atoms with E-state index in [2.05, 4.69) is 14.9 Å². The lowest BCUT2D eigenvalue weighted by molar-refractivity contribution is -0.117. The third-order valence-corrected chi connectivity index (χ3v) is 7.26. The highest BCUT2D eigenvalue weighted by Gasteiger charge is 2.32. The summed E-state index contributed by atoms with van der Waals surface area (Å²) in [6.07, 6.45) is 5.41. The molecule has 29 heavy (non-hydrogen) atoms. The second-order valence-electron chi connectivity index (χ2n) is 8.42. The van der Waals surface area contributed by atoms with Gasteiger partial charge >= 0.3 is 0 Å². The van der Waals surface area contributed by atoms with Gasteiger partial charge in [-0.05, 0) is 81.3 Å². The number of hydrogen-bond acceptors (Lipinski definition) is 5. The molecule has 0 aromatic heterocycles. The summed E-state index contributed by atoms with van der Waals surface area (Å²) < 4.78 is 29.9. The number of piperidine rings is 2. The van der Waals surface area contributed by atoms with Gasteiger partial charge in [0.2, 0.25) is 11.2 Å². The van der Waals surface area contributed by atoms with Crippen LogP contribution in [0.15, 0.2) is 12.1 Å². The number of nitrogens with one attached hydrogen (secondary N) is 2. The quantitative estimate of drug-likeness (QED) is 0.664. The minimum atomic E-state index is -1.86. The van der Waals surface area contributed by atoms with Crippen LogP contribution in [0.5, 0.6) is 5.75 Å². The molecule has 0 spiro atoms. The molecule has 9 heteroatoms. The van der Waals surface area contributed by atoms with E-state index in [0.717, 1.165) is 61.4 Å². The van der Waals surface area contributed by atoms with Gasteiger partial charge in [-0.15, -0.1) is 0 Å². The van der Waals surface area contributed by atoms with Crippen molar-refractivity contribution in [3.05, 3.63) is 23.5 Å². The SMILES string of the molecule is O=C1CN(c2c(O)cc(CC3CCCN(CC4CCNCC4)C3)cc2F)S(=O)N1. The summed E-state index contributed by atoms with van der Waals surface area (Å²) in [5.74, 6) is -0.186. The maximum atomic E-state index is 14.7. The van der Waals surface area contributed by atoms with Crippen molar-refractivity contribution >= 4 is 22.8 Å². The van der Waals surface area contributed by atoms with Crippen molar-refractivity contribution in [3.63, 3.8) is 0 Å². The van der Waals surface area contributed by atoms with Crippen molar-refractivity contribution in [2.75, 3.05) is 43.6 Å². The molecule has 2 atom stereocenters. The van der Waals surface area contributed by atoms with Crippen LogP contribution < -0.4 is 14.3 Å². The molecule has 7 nitrogen and oxygen atoms in total. The number of rotatable bonds is 5. The number of anilines is 1. The summed E-state index contributed by atoms with van der Waals surface area (Å²) in [7, 11) is 0. The predicted octanol–water partition coefficient (Wildman–Crippen LogP) is 1.30. The number of likely N-dealkylation sites (tertiary alicyclic amines) is 1. The number of benzene rings is 1. The molecular weight excluding hydrogens is 395 g/mol. The summed E-state index contributed by atoms with van der Waals surface area (Å²) in [5, 5.41) is 13.8. The fourth-order valence-electron chi connectivity index (χ4n) is 4.79. The Morgan fingerprint density at radius 1 is 1.21 bits per heavy atom. The van der Waals surface area contributed by atoms with E-state index in [1.165, 1.54) is 18.9 Å². The third kappa shape index (κ3) is 4.90. The molecule has 0 bridgehead atoms. The summed E-state index contributed by atoms with van der Waals surface area (Å²) >= 11 is -1.86. The number of phenols is 1. The van der Waals surface area contributed by atoms with E-state index < -0.39 is 22.9 Å². The standard InChI is InChI=1S/C20H29FN4O3S/c21-17-9-16(10-18(26)20(17)25-13-19(27)23-29(25)28)8-15-2-1-7-24(12-15)11-14-3-5-22-6-4-14/h9-10,14-15,22,26H,1-8,11-13H2,(H,23,27). The van der Waals surface area contributed by atoms with Crippen LogP contribution in [0.4, 0.5) is 10.1 Å². The van der Waals surface area contributed by atoms with Crippen LogP contribution >= 0.6 is 0 Å². The number of halogens is 1. The van der Waals surface area contributed by atoms with Gasteiger partial charge in [-0.1, -0.05) is 0 Å². The topological polar surface area (TPSA) is 84.9 Å². The molecule has 160 valence electrons. The molecule has 0 aliphatic carbocycles. The van der Waals surface area contributed by atoms with Crippen LogP contribution in [0.25, 0.3) is 0 Å². The Kier molecular flexibility index (Phi) is 6.36. The van der Waals surface area contributed by atoms with Gasteiger partial charge in [0, 0.05) is 13.1 Å². The molecule has 3 heterocycles. The Balaban J connectivity index is 1.40. The van der Waals surface area contributed by atoms with Gasteiger partial charge in [0.05, 0.1) is 0 Å². The second kappa shape index (κ2) is 8.97. The van der Waals surface area contributed by atoms with Crippen molar-refractivity contribution in [1.82, 2.24) is 14.9 Å². The van der Waals surface area contributed by atoms with Crippen molar-refractivity contribution in [2.45, 2.75) is 32.1 Å². The molecular formula is C20H29FN4O3S. The fourth-order valence-corrected chi connectivity index (χ4v) is 5.74. The van der Waals surface area contributed by atoms with Gasteiger partial charge in [-0.3, -0.25) is 13.8 Å². The van der Waals surface area contributed by atoms with Crippen LogP contribution in [-0.4, -0.2) is 59.4 Å². The maximum absolute atomic E-state index is 14.7. The number of carbonyl (C=O) groups is 1. The van der Waals surface area contributed by atoms with Crippen molar-refractivity contribution < 1.29 is 18.5 Å². The molecule has 3 aliphatic heterocycles. The van der Waals surface area contributed by atoms with E-state index in [4.69, 9.17) is 0 Å². The van der Waals surface area contributed by atoms with Crippen LogP contribution in [0.3, 0.4) is 0 Å². The summed E-state index contributed by atoms with van der Waals surface area (Å²) in [6, 6.07) is 2.95. The summed E-state index contributed by atoms with van der Waals surface area (Å²) in [6.45, 7) is 5.25. The van der Waals surface area contributed by atoms with Crippen molar-refractivity contribution in [1.29, 1.82) is 0 Å². The molecule has 3 fully saturated rings. The highest BCUT2D eigenvalue weighted by molar-refractivity contribution is 7.85. The monoisotopic (exact) mass is 424 g/mol. The Bertz CT molecular complexity index is 764. The van der Waals surface area contributed by atoms with E-state index in [-0.39, 0.29) is 18.0 Å². The largest absolute Gasteiger partial charge is 0.506 e. The Morgan fingerprint density at radius 2 is 2.00 bits per heavy atom. The van der Waals surface area contributed by atoms with Crippen LogP contribution in [-0.2, 0) is 22.4 Å². The first kappa shape index (κ1) is 20.6. The zero-order valence-electron chi connectivity index (χ0n) is 16.5. The lowest BCUT2D eigenvalue weighted by Gasteiger charge is -2.36. The third-order valence-electron chi connectivity index (χ3n) is 6.14. The summed E-state index contributed by atoms with van der Waals surface area (Å²) in [5.41, 5.74) is 0.559. The van der Waals surface area contributed by atoms with E-state index >= 15 is 0 Å². The first-order valence-electron chi connectivity index (χ1n) is 10.4. The molecule has 1 aromatic carbocycles. The molecule has 3 N–H and O–H groups in total. The minimum absolute atomic E-state index is 0.179.